The first-order valence-electron chi connectivity index (χ1n) is 9.79. The van der Waals surface area contributed by atoms with Gasteiger partial charge in [0.1, 0.15) is 5.58 Å². The lowest BCUT2D eigenvalue weighted by atomic mass is 9.98. The van der Waals surface area contributed by atoms with Crippen molar-refractivity contribution in [1.29, 1.82) is 0 Å². The van der Waals surface area contributed by atoms with Crippen molar-refractivity contribution >= 4 is 28.5 Å². The second kappa shape index (κ2) is 8.24. The van der Waals surface area contributed by atoms with E-state index in [-0.39, 0.29) is 17.1 Å². The first kappa shape index (κ1) is 21.2. The Bertz CT molecular complexity index is 1220. The molecule has 1 atom stereocenters. The first-order chi connectivity index (χ1) is 14.8. The van der Waals surface area contributed by atoms with E-state index < -0.39 is 6.04 Å². The van der Waals surface area contributed by atoms with Gasteiger partial charge in [-0.15, -0.1) is 0 Å². The summed E-state index contributed by atoms with van der Waals surface area (Å²) in [6.45, 7) is 1.05. The molecule has 2 aromatic carbocycles. The van der Waals surface area contributed by atoms with E-state index >= 15 is 0 Å². The molecule has 3 aromatic rings. The third-order valence-electron chi connectivity index (χ3n) is 5.44. The molecule has 31 heavy (non-hydrogen) atoms. The predicted octanol–water partition coefficient (Wildman–Crippen LogP) is 3.57. The van der Waals surface area contributed by atoms with Crippen LogP contribution in [0.3, 0.4) is 0 Å². The number of benzene rings is 2. The van der Waals surface area contributed by atoms with Crippen LogP contribution in [-0.2, 0) is 0 Å². The smallest absolute Gasteiger partial charge is 0.290 e. The van der Waals surface area contributed by atoms with Crippen molar-refractivity contribution in [3.8, 4) is 11.5 Å². The number of likely N-dealkylation sites (N-methyl/N-ethyl adjacent to an activating group) is 1. The van der Waals surface area contributed by atoms with E-state index in [1.54, 1.807) is 49.5 Å². The van der Waals surface area contributed by atoms with Gasteiger partial charge in [0.2, 0.25) is 5.76 Å². The molecule has 1 aromatic heterocycles. The van der Waals surface area contributed by atoms with Crippen LogP contribution in [0.2, 0.25) is 5.02 Å². The van der Waals surface area contributed by atoms with E-state index in [9.17, 15) is 9.59 Å². The van der Waals surface area contributed by atoms with Crippen LogP contribution in [0.5, 0.6) is 11.5 Å². The highest BCUT2D eigenvalue weighted by Crippen LogP contribution is 2.40. The van der Waals surface area contributed by atoms with Crippen molar-refractivity contribution in [2.75, 3.05) is 41.4 Å². The lowest BCUT2D eigenvalue weighted by Crippen LogP contribution is -2.35. The number of hydrogen-bond donors (Lipinski definition) is 0. The lowest BCUT2D eigenvalue weighted by Gasteiger charge is -2.27. The average Bonchev–Trinajstić information content (AvgIpc) is 3.04. The van der Waals surface area contributed by atoms with E-state index in [2.05, 4.69) is 0 Å². The van der Waals surface area contributed by atoms with Crippen molar-refractivity contribution in [1.82, 2.24) is 9.80 Å². The number of rotatable bonds is 6. The minimum Gasteiger partial charge on any atom is -0.493 e. The maximum atomic E-state index is 13.5. The van der Waals surface area contributed by atoms with Crippen LogP contribution < -0.4 is 14.9 Å². The number of methoxy groups -OCH3 is 2. The van der Waals surface area contributed by atoms with Crippen LogP contribution in [0.4, 0.5) is 0 Å². The van der Waals surface area contributed by atoms with Gasteiger partial charge >= 0.3 is 0 Å². The summed E-state index contributed by atoms with van der Waals surface area (Å²) in [5.74, 6) is 0.832. The van der Waals surface area contributed by atoms with E-state index in [1.807, 2.05) is 25.1 Å². The van der Waals surface area contributed by atoms with Gasteiger partial charge in [-0.1, -0.05) is 17.7 Å². The summed E-state index contributed by atoms with van der Waals surface area (Å²) in [6, 6.07) is 9.59. The molecular weight excluding hydrogens is 420 g/mol. The molecule has 1 amide bonds. The molecule has 0 saturated heterocycles. The minimum atomic E-state index is -0.609. The van der Waals surface area contributed by atoms with E-state index in [1.165, 1.54) is 0 Å². The van der Waals surface area contributed by atoms with E-state index in [0.29, 0.717) is 46.1 Å². The number of hydrogen-bond acceptors (Lipinski definition) is 6. The fourth-order valence-electron chi connectivity index (χ4n) is 3.90. The van der Waals surface area contributed by atoms with Gasteiger partial charge in [-0.25, -0.2) is 0 Å². The molecule has 0 aliphatic carbocycles. The van der Waals surface area contributed by atoms with Crippen molar-refractivity contribution < 1.29 is 18.7 Å². The third-order valence-corrected chi connectivity index (χ3v) is 5.67. The lowest BCUT2D eigenvalue weighted by molar-refractivity contribution is 0.0716. The zero-order valence-corrected chi connectivity index (χ0v) is 18.5. The van der Waals surface area contributed by atoms with Gasteiger partial charge in [-0.05, 0) is 50.0 Å². The summed E-state index contributed by atoms with van der Waals surface area (Å²) in [6.07, 6.45) is 0. The Kier molecular flexibility index (Phi) is 5.64. The van der Waals surface area contributed by atoms with Crippen LogP contribution in [0.25, 0.3) is 11.0 Å². The summed E-state index contributed by atoms with van der Waals surface area (Å²) in [5, 5.41) is 0.773. The van der Waals surface area contributed by atoms with Gasteiger partial charge in [0.15, 0.2) is 16.9 Å². The Labute approximate surface area is 184 Å². The fourth-order valence-corrected chi connectivity index (χ4v) is 4.07. The molecule has 7 nitrogen and oxygen atoms in total. The minimum absolute atomic E-state index is 0.0679. The zero-order valence-electron chi connectivity index (χ0n) is 17.8. The number of carbonyl (C=O) groups is 1. The molecule has 4 rings (SSSR count). The number of halogens is 1. The van der Waals surface area contributed by atoms with Crippen LogP contribution in [0, 0.1) is 0 Å². The molecule has 0 N–H and O–H groups in total. The van der Waals surface area contributed by atoms with E-state index in [0.717, 1.165) is 5.56 Å². The van der Waals surface area contributed by atoms with E-state index in [4.69, 9.17) is 25.5 Å². The summed E-state index contributed by atoms with van der Waals surface area (Å²) < 4.78 is 16.7. The van der Waals surface area contributed by atoms with Gasteiger partial charge in [0.25, 0.3) is 5.91 Å². The molecular formula is C23H23ClN2O5. The number of carbonyl (C=O) groups excluding carboxylic acids is 1. The highest BCUT2D eigenvalue weighted by molar-refractivity contribution is 6.31. The van der Waals surface area contributed by atoms with Crippen molar-refractivity contribution in [3.63, 3.8) is 0 Å². The van der Waals surface area contributed by atoms with Crippen molar-refractivity contribution in [2.45, 2.75) is 6.04 Å². The molecule has 1 aliphatic heterocycles. The van der Waals surface area contributed by atoms with Gasteiger partial charge in [-0.3, -0.25) is 9.59 Å². The highest BCUT2D eigenvalue weighted by Gasteiger charge is 2.42. The molecule has 2 heterocycles. The molecule has 0 unspecified atom stereocenters. The standard InChI is InChI=1S/C23H23ClN2O5/c1-25(2)9-10-26-20(13-5-7-17(29-3)18(11-13)30-4)19-21(27)15-12-14(24)6-8-16(15)31-22(19)23(26)28/h5-8,11-12,20H,9-10H2,1-4H3/t20-/m0/s1. The largest absolute Gasteiger partial charge is 0.493 e. The topological polar surface area (TPSA) is 72.2 Å². The van der Waals surface area contributed by atoms with Crippen LogP contribution in [0.15, 0.2) is 45.6 Å². The first-order valence-corrected chi connectivity index (χ1v) is 10.2. The Balaban J connectivity index is 1.95. The zero-order chi connectivity index (χ0) is 22.3. The summed E-state index contributed by atoms with van der Waals surface area (Å²) in [7, 11) is 6.96. The number of ether oxygens (including phenoxy) is 2. The normalized spacial score (nSPS) is 15.6. The molecule has 162 valence electrons. The number of nitrogens with zero attached hydrogens (tertiary/aromatic N) is 2. The molecule has 0 spiro atoms. The number of fused-ring (bicyclic) bond motifs is 2. The Hall–Kier alpha value is -3.03. The van der Waals surface area contributed by atoms with Crippen molar-refractivity contribution in [2.24, 2.45) is 0 Å². The second-order valence-corrected chi connectivity index (χ2v) is 8.07. The van der Waals surface area contributed by atoms with Gasteiger partial charge in [-0.2, -0.15) is 0 Å². The Morgan fingerprint density at radius 2 is 1.81 bits per heavy atom. The summed E-state index contributed by atoms with van der Waals surface area (Å²) >= 11 is 6.12. The summed E-state index contributed by atoms with van der Waals surface area (Å²) in [5.41, 5.74) is 1.11. The quantitative estimate of drug-likeness (QED) is 0.581. The maximum absolute atomic E-state index is 13.5. The molecule has 0 saturated carbocycles. The maximum Gasteiger partial charge on any atom is 0.290 e. The predicted molar refractivity (Wildman–Crippen MR) is 118 cm³/mol. The second-order valence-electron chi connectivity index (χ2n) is 7.63. The number of amides is 1. The molecule has 0 fully saturated rings. The molecule has 1 aliphatic rings. The third kappa shape index (κ3) is 3.64. The Morgan fingerprint density at radius 3 is 2.48 bits per heavy atom. The highest BCUT2D eigenvalue weighted by atomic mass is 35.5. The molecule has 0 radical (unpaired) electrons. The van der Waals surface area contributed by atoms with Gasteiger partial charge < -0.3 is 23.7 Å². The Morgan fingerprint density at radius 1 is 1.06 bits per heavy atom. The summed E-state index contributed by atoms with van der Waals surface area (Å²) in [4.78, 5) is 30.5. The van der Waals surface area contributed by atoms with Gasteiger partial charge in [0.05, 0.1) is 31.2 Å². The average molecular weight is 443 g/mol. The SMILES string of the molecule is COc1ccc([C@H]2c3c(oc4ccc(Cl)cc4c3=O)C(=O)N2CCN(C)C)cc1OC. The van der Waals surface area contributed by atoms with Crippen LogP contribution >= 0.6 is 11.6 Å². The monoisotopic (exact) mass is 442 g/mol. The molecule has 0 bridgehead atoms. The van der Waals surface area contributed by atoms with Crippen molar-refractivity contribution in [3.05, 3.63) is 68.5 Å². The fraction of sp³-hybridized carbons (Fsp3) is 0.304. The van der Waals surface area contributed by atoms with Crippen LogP contribution in [0.1, 0.15) is 27.7 Å². The molecule has 8 heteroatoms. The van der Waals surface area contributed by atoms with Crippen LogP contribution in [-0.4, -0.2) is 57.1 Å². The van der Waals surface area contributed by atoms with Gasteiger partial charge in [0, 0.05) is 18.1 Å².